The minimum atomic E-state index is -0.896. The van der Waals surface area contributed by atoms with E-state index in [-0.39, 0.29) is 36.0 Å². The Morgan fingerprint density at radius 1 is 0.978 bits per heavy atom. The summed E-state index contributed by atoms with van der Waals surface area (Å²) in [5, 5.41) is 32.6. The zero-order chi connectivity index (χ0) is 34.6. The molecule has 10 heteroatoms. The Kier molecular flexibility index (Phi) is 16.8. The Balaban J connectivity index is 2.91. The predicted octanol–water partition coefficient (Wildman–Crippen LogP) is 4.87. The molecule has 0 aromatic carbocycles. The number of aliphatic hydroxyl groups excluding tert-OH is 3. The highest BCUT2D eigenvalue weighted by atomic mass is 16.6. The molecule has 5 N–H and O–H groups in total. The fraction of sp³-hybridized carbons (Fsp3) is 0.686. The van der Waals surface area contributed by atoms with Gasteiger partial charge in [0.15, 0.2) is 0 Å². The Bertz CT molecular complexity index is 1070. The normalized spacial score (nSPS) is 27.0. The molecular formula is C35H57NO9. The molecule has 0 unspecified atom stereocenters. The van der Waals surface area contributed by atoms with E-state index in [2.05, 4.69) is 6.58 Å². The number of nitrogens with two attached hydrogens (primary N) is 1. The summed E-state index contributed by atoms with van der Waals surface area (Å²) in [7, 11) is 0. The topological polar surface area (TPSA) is 166 Å². The molecule has 1 saturated heterocycles. The van der Waals surface area contributed by atoms with Crippen molar-refractivity contribution in [2.45, 2.75) is 112 Å². The molecule has 1 fully saturated rings. The van der Waals surface area contributed by atoms with Crippen LogP contribution in [0.4, 0.5) is 4.79 Å². The first-order valence-electron chi connectivity index (χ1n) is 15.9. The lowest BCUT2D eigenvalue weighted by Crippen LogP contribution is -2.47. The number of aliphatic hydroxyl groups is 3. The van der Waals surface area contributed by atoms with E-state index in [1.54, 1.807) is 38.2 Å². The number of ether oxygens (including phenoxy) is 3. The number of primary amides is 1. The summed E-state index contributed by atoms with van der Waals surface area (Å²) in [5.74, 6) is -3.22. The Hall–Kier alpha value is -2.95. The lowest BCUT2D eigenvalue weighted by Gasteiger charge is -2.37. The Morgan fingerprint density at radius 3 is 2.16 bits per heavy atom. The number of rotatable bonds is 17. The van der Waals surface area contributed by atoms with E-state index >= 15 is 0 Å². The second kappa shape index (κ2) is 18.9. The van der Waals surface area contributed by atoms with Gasteiger partial charge in [-0.05, 0) is 32.3 Å². The summed E-state index contributed by atoms with van der Waals surface area (Å²) in [5.41, 5.74) is 6.30. The van der Waals surface area contributed by atoms with E-state index in [4.69, 9.17) is 19.9 Å². The lowest BCUT2D eigenvalue weighted by molar-refractivity contribution is -0.180. The third-order valence-electron chi connectivity index (χ3n) is 8.92. The first-order valence-corrected chi connectivity index (χ1v) is 15.9. The monoisotopic (exact) mass is 635 g/mol. The molecule has 1 heterocycles. The van der Waals surface area contributed by atoms with Gasteiger partial charge in [-0.3, -0.25) is 9.59 Å². The van der Waals surface area contributed by atoms with Gasteiger partial charge in [0, 0.05) is 42.9 Å². The molecule has 0 aromatic rings. The molecule has 256 valence electrons. The highest BCUT2D eigenvalue weighted by Crippen LogP contribution is 2.31. The summed E-state index contributed by atoms with van der Waals surface area (Å²) in [6, 6.07) is 0. The van der Waals surface area contributed by atoms with Crippen molar-refractivity contribution in [2.75, 3.05) is 0 Å². The maximum atomic E-state index is 12.2. The Morgan fingerprint density at radius 2 is 1.60 bits per heavy atom. The SMILES string of the molecule is C=C/C=C\[C@H](C)[C@H](OC(N)=O)[C@@H](C)[C@H](O)[C@@H](C)C/C(C)=C\[C@H](C)[C@@H](O)[C@@H](C)/C=C\[C@H](C[C@@H]1OC(=O)[C@H](C)[C@@H](O)[C@H]1C)OC(C)=O. The van der Waals surface area contributed by atoms with Gasteiger partial charge in [0.25, 0.3) is 0 Å². The lowest BCUT2D eigenvalue weighted by atomic mass is 9.81. The van der Waals surface area contributed by atoms with Crippen LogP contribution in [-0.4, -0.2) is 70.0 Å². The Labute approximate surface area is 269 Å². The van der Waals surface area contributed by atoms with Crippen LogP contribution in [0.25, 0.3) is 0 Å². The van der Waals surface area contributed by atoms with Gasteiger partial charge in [-0.1, -0.05) is 84.1 Å². The van der Waals surface area contributed by atoms with Gasteiger partial charge in [-0.15, -0.1) is 0 Å². The maximum absolute atomic E-state index is 12.2. The smallest absolute Gasteiger partial charge is 0.404 e. The van der Waals surface area contributed by atoms with Crippen LogP contribution in [0.3, 0.4) is 0 Å². The quantitative estimate of drug-likeness (QED) is 0.0755. The number of cyclic esters (lactones) is 1. The van der Waals surface area contributed by atoms with Crippen molar-refractivity contribution in [1.82, 2.24) is 0 Å². The van der Waals surface area contributed by atoms with Gasteiger partial charge < -0.3 is 35.3 Å². The first-order chi connectivity index (χ1) is 20.9. The molecule has 13 atom stereocenters. The second-order valence-electron chi connectivity index (χ2n) is 13.0. The number of amides is 1. The van der Waals surface area contributed by atoms with Crippen molar-refractivity contribution in [3.05, 3.63) is 48.6 Å². The van der Waals surface area contributed by atoms with Crippen LogP contribution < -0.4 is 5.73 Å². The standard InChI is InChI=1S/C35H57NO9/c1-11-12-13-21(4)33(45-35(36)42)25(8)31(39)23(6)17-19(2)16-22(5)30(38)20(3)14-15-28(43-27(10)37)18-29-24(7)32(40)26(9)34(41)44-29/h11-16,20-26,28-33,38-40H,1,17-18H2,2-10H3,(H2,36,42)/b13-12-,15-14-,19-16-/t20-,21-,22-,23-,24-,25-,26+,28+,29-,30-,31+,32-,33-/m0/s1. The van der Waals surface area contributed by atoms with Gasteiger partial charge in [-0.25, -0.2) is 4.79 Å². The molecule has 1 rings (SSSR count). The number of esters is 2. The number of carbonyl (C=O) groups is 3. The van der Waals surface area contributed by atoms with E-state index in [0.717, 1.165) is 5.57 Å². The van der Waals surface area contributed by atoms with Gasteiger partial charge >= 0.3 is 18.0 Å². The fourth-order valence-corrected chi connectivity index (χ4v) is 6.09. The van der Waals surface area contributed by atoms with Crippen LogP contribution in [0.2, 0.25) is 0 Å². The molecule has 0 saturated carbocycles. The zero-order valence-corrected chi connectivity index (χ0v) is 28.5. The van der Waals surface area contributed by atoms with E-state index < -0.39 is 66.5 Å². The molecule has 1 amide bonds. The zero-order valence-electron chi connectivity index (χ0n) is 28.5. The van der Waals surface area contributed by atoms with E-state index in [1.807, 2.05) is 53.7 Å². The van der Waals surface area contributed by atoms with E-state index in [1.165, 1.54) is 6.92 Å². The molecular weight excluding hydrogens is 578 g/mol. The summed E-state index contributed by atoms with van der Waals surface area (Å²) >= 11 is 0. The third kappa shape index (κ3) is 12.8. The molecule has 1 aliphatic rings. The van der Waals surface area contributed by atoms with Crippen LogP contribution in [0.15, 0.2) is 48.6 Å². The molecule has 10 nitrogen and oxygen atoms in total. The van der Waals surface area contributed by atoms with Gasteiger partial charge in [0.2, 0.25) is 0 Å². The fourth-order valence-electron chi connectivity index (χ4n) is 6.09. The molecule has 0 bridgehead atoms. The summed E-state index contributed by atoms with van der Waals surface area (Å²) in [6.07, 6.45) is 6.21. The molecule has 45 heavy (non-hydrogen) atoms. The first kappa shape index (κ1) is 40.1. The van der Waals surface area contributed by atoms with Crippen molar-refractivity contribution in [3.8, 4) is 0 Å². The second-order valence-corrected chi connectivity index (χ2v) is 13.0. The van der Waals surface area contributed by atoms with Crippen LogP contribution in [0.1, 0.15) is 75.2 Å². The van der Waals surface area contributed by atoms with E-state index in [9.17, 15) is 29.7 Å². The van der Waals surface area contributed by atoms with Gasteiger partial charge in [0.05, 0.1) is 24.2 Å². The predicted molar refractivity (Wildman–Crippen MR) is 174 cm³/mol. The molecule has 0 aromatic heterocycles. The number of carbonyl (C=O) groups excluding carboxylic acids is 3. The molecule has 1 aliphatic heterocycles. The summed E-state index contributed by atoms with van der Waals surface area (Å²) in [4.78, 5) is 35.5. The molecule has 0 spiro atoms. The minimum absolute atomic E-state index is 0.172. The maximum Gasteiger partial charge on any atom is 0.404 e. The summed E-state index contributed by atoms with van der Waals surface area (Å²) in [6.45, 7) is 19.7. The number of hydrogen-bond acceptors (Lipinski definition) is 9. The average molecular weight is 636 g/mol. The average Bonchev–Trinajstić information content (AvgIpc) is 2.96. The van der Waals surface area contributed by atoms with Gasteiger partial charge in [0.1, 0.15) is 18.3 Å². The highest BCUT2D eigenvalue weighted by molar-refractivity contribution is 5.74. The third-order valence-corrected chi connectivity index (χ3v) is 8.92. The van der Waals surface area contributed by atoms with Crippen molar-refractivity contribution < 1.29 is 43.9 Å². The van der Waals surface area contributed by atoms with Crippen molar-refractivity contribution in [2.24, 2.45) is 47.2 Å². The van der Waals surface area contributed by atoms with Crippen LogP contribution in [0.5, 0.6) is 0 Å². The van der Waals surface area contributed by atoms with Gasteiger partial charge in [-0.2, -0.15) is 0 Å². The summed E-state index contributed by atoms with van der Waals surface area (Å²) < 4.78 is 16.3. The van der Waals surface area contributed by atoms with Crippen LogP contribution in [-0.2, 0) is 23.8 Å². The van der Waals surface area contributed by atoms with Crippen LogP contribution in [0, 0.1) is 41.4 Å². The minimum Gasteiger partial charge on any atom is -0.462 e. The van der Waals surface area contributed by atoms with Crippen molar-refractivity contribution in [3.63, 3.8) is 0 Å². The molecule has 0 radical (unpaired) electrons. The van der Waals surface area contributed by atoms with E-state index in [0.29, 0.717) is 6.42 Å². The van der Waals surface area contributed by atoms with Crippen molar-refractivity contribution >= 4 is 18.0 Å². The van der Waals surface area contributed by atoms with Crippen molar-refractivity contribution in [1.29, 1.82) is 0 Å². The number of allylic oxidation sites excluding steroid dienone is 3. The molecule has 0 aliphatic carbocycles. The van der Waals surface area contributed by atoms with Crippen LogP contribution >= 0.6 is 0 Å². The number of hydrogen-bond donors (Lipinski definition) is 4. The largest absolute Gasteiger partial charge is 0.462 e. The highest BCUT2D eigenvalue weighted by Gasteiger charge is 2.41.